The summed E-state index contributed by atoms with van der Waals surface area (Å²) in [7, 11) is 0. The fourth-order valence-corrected chi connectivity index (χ4v) is 2.80. The topological polar surface area (TPSA) is 54.4 Å². The van der Waals surface area contributed by atoms with E-state index in [2.05, 4.69) is 45.9 Å². The molecular weight excluding hydrogens is 312 g/mol. The SMILES string of the molecule is CC(=O)O.CC1=C(/C=C/C(C)=C/C=C/C(C)=C/C=O)C(C)(C)CCC1. The maximum Gasteiger partial charge on any atom is 0.300 e. The molecule has 0 bridgehead atoms. The first-order valence-electron chi connectivity index (χ1n) is 8.65. The van der Waals surface area contributed by atoms with Crippen LogP contribution in [0.5, 0.6) is 0 Å². The van der Waals surface area contributed by atoms with Crippen LogP contribution in [-0.2, 0) is 9.59 Å². The lowest BCUT2D eigenvalue weighted by atomic mass is 9.72. The first kappa shape index (κ1) is 22.8. The highest BCUT2D eigenvalue weighted by molar-refractivity contribution is 5.67. The lowest BCUT2D eigenvalue weighted by molar-refractivity contribution is -0.134. The standard InChI is InChI=1S/C20H28O.C2H4O2/c1-16(8-6-9-17(2)13-15-21)11-12-19-18(3)10-7-14-20(19,4)5;1-2(3)4/h6,8-9,11-13,15H,7,10,14H2,1-5H3;1H3,(H,3,4)/b9-6+,12-11+,16-8+,17-13+;. The zero-order valence-corrected chi connectivity index (χ0v) is 16.4. The quantitative estimate of drug-likeness (QED) is 0.389. The van der Waals surface area contributed by atoms with Crippen molar-refractivity contribution in [1.29, 1.82) is 0 Å². The lowest BCUT2D eigenvalue weighted by Crippen LogP contribution is -2.19. The van der Waals surface area contributed by atoms with Crippen LogP contribution in [0.1, 0.15) is 60.8 Å². The average Bonchev–Trinajstić information content (AvgIpc) is 2.45. The van der Waals surface area contributed by atoms with Gasteiger partial charge in [0.2, 0.25) is 0 Å². The number of hydrogen-bond acceptors (Lipinski definition) is 2. The van der Waals surface area contributed by atoms with Crippen LogP contribution in [0, 0.1) is 5.41 Å². The van der Waals surface area contributed by atoms with E-state index in [1.165, 1.54) is 36.0 Å². The normalized spacial score (nSPS) is 18.3. The van der Waals surface area contributed by atoms with Crippen LogP contribution in [0.25, 0.3) is 0 Å². The minimum atomic E-state index is -0.833. The number of carbonyl (C=O) groups excluding carboxylic acids is 1. The molecule has 1 aliphatic rings. The maximum atomic E-state index is 10.3. The van der Waals surface area contributed by atoms with Crippen molar-refractivity contribution >= 4 is 12.3 Å². The number of carboxylic acids is 1. The van der Waals surface area contributed by atoms with E-state index < -0.39 is 5.97 Å². The minimum Gasteiger partial charge on any atom is -0.481 e. The van der Waals surface area contributed by atoms with Gasteiger partial charge in [-0.2, -0.15) is 0 Å². The Hall–Kier alpha value is -2.16. The molecular formula is C22H32O3. The van der Waals surface area contributed by atoms with Gasteiger partial charge in [-0.05, 0) is 62.7 Å². The van der Waals surface area contributed by atoms with Crippen molar-refractivity contribution in [3.63, 3.8) is 0 Å². The van der Waals surface area contributed by atoms with Crippen molar-refractivity contribution in [3.05, 3.63) is 58.7 Å². The third-order valence-corrected chi connectivity index (χ3v) is 4.10. The highest BCUT2D eigenvalue weighted by Gasteiger charge is 2.26. The minimum absolute atomic E-state index is 0.290. The smallest absolute Gasteiger partial charge is 0.300 e. The molecule has 1 N–H and O–H groups in total. The van der Waals surface area contributed by atoms with Gasteiger partial charge in [-0.1, -0.05) is 55.4 Å². The Morgan fingerprint density at radius 3 is 2.16 bits per heavy atom. The molecule has 3 nitrogen and oxygen atoms in total. The summed E-state index contributed by atoms with van der Waals surface area (Å²) in [6, 6.07) is 0. The largest absolute Gasteiger partial charge is 0.481 e. The van der Waals surface area contributed by atoms with Crippen molar-refractivity contribution in [2.75, 3.05) is 0 Å². The summed E-state index contributed by atoms with van der Waals surface area (Å²) in [6.45, 7) is 12.0. The van der Waals surface area contributed by atoms with E-state index in [-0.39, 0.29) is 5.41 Å². The first-order chi connectivity index (χ1) is 11.6. The van der Waals surface area contributed by atoms with E-state index in [4.69, 9.17) is 9.90 Å². The Kier molecular flexibility index (Phi) is 10.4. The summed E-state index contributed by atoms with van der Waals surface area (Å²) < 4.78 is 0. The van der Waals surface area contributed by atoms with Crippen LogP contribution in [0.2, 0.25) is 0 Å². The summed E-state index contributed by atoms with van der Waals surface area (Å²) in [4.78, 5) is 19.3. The van der Waals surface area contributed by atoms with Crippen LogP contribution in [0.3, 0.4) is 0 Å². The second-order valence-electron chi connectivity index (χ2n) is 7.10. The van der Waals surface area contributed by atoms with Crippen molar-refractivity contribution < 1.29 is 14.7 Å². The predicted molar refractivity (Wildman–Crippen MR) is 105 cm³/mol. The fourth-order valence-electron chi connectivity index (χ4n) is 2.80. The summed E-state index contributed by atoms with van der Waals surface area (Å²) in [6.07, 6.45) is 16.6. The Morgan fingerprint density at radius 1 is 1.08 bits per heavy atom. The van der Waals surface area contributed by atoms with Gasteiger partial charge in [0.05, 0.1) is 0 Å². The van der Waals surface area contributed by atoms with Gasteiger partial charge in [-0.15, -0.1) is 0 Å². The zero-order valence-electron chi connectivity index (χ0n) is 16.4. The third kappa shape index (κ3) is 10.3. The van der Waals surface area contributed by atoms with E-state index in [1.807, 2.05) is 19.1 Å². The first-order valence-corrected chi connectivity index (χ1v) is 8.65. The van der Waals surface area contributed by atoms with Gasteiger partial charge in [0.25, 0.3) is 5.97 Å². The van der Waals surface area contributed by atoms with Crippen LogP contribution in [0.15, 0.2) is 58.7 Å². The Bertz CT molecular complexity index is 607. The molecule has 0 saturated carbocycles. The summed E-state index contributed by atoms with van der Waals surface area (Å²) >= 11 is 0. The van der Waals surface area contributed by atoms with Crippen LogP contribution in [-0.4, -0.2) is 17.4 Å². The molecule has 0 aromatic carbocycles. The van der Waals surface area contributed by atoms with Crippen LogP contribution in [0.4, 0.5) is 0 Å². The molecule has 0 unspecified atom stereocenters. The molecule has 0 saturated heterocycles. The monoisotopic (exact) mass is 344 g/mol. The average molecular weight is 344 g/mol. The molecule has 138 valence electrons. The van der Waals surface area contributed by atoms with E-state index >= 15 is 0 Å². The fraction of sp³-hybridized carbons (Fsp3) is 0.455. The number of aldehydes is 1. The van der Waals surface area contributed by atoms with Gasteiger partial charge in [0.1, 0.15) is 6.29 Å². The zero-order chi connectivity index (χ0) is 19.5. The number of carbonyl (C=O) groups is 2. The van der Waals surface area contributed by atoms with Crippen LogP contribution < -0.4 is 0 Å². The summed E-state index contributed by atoms with van der Waals surface area (Å²) in [5.41, 5.74) is 5.48. The number of allylic oxidation sites excluding steroid dienone is 10. The van der Waals surface area contributed by atoms with E-state index in [0.29, 0.717) is 0 Å². The molecule has 25 heavy (non-hydrogen) atoms. The highest BCUT2D eigenvalue weighted by atomic mass is 16.4. The number of rotatable bonds is 5. The number of carboxylic acid groups (broad SMARTS) is 1. The molecule has 0 aromatic heterocycles. The molecule has 0 amide bonds. The van der Waals surface area contributed by atoms with Crippen molar-refractivity contribution in [2.24, 2.45) is 5.41 Å². The van der Waals surface area contributed by atoms with Gasteiger partial charge in [0, 0.05) is 6.92 Å². The molecule has 0 atom stereocenters. The van der Waals surface area contributed by atoms with Crippen molar-refractivity contribution in [2.45, 2.75) is 60.8 Å². The van der Waals surface area contributed by atoms with E-state index in [0.717, 1.165) is 18.8 Å². The maximum absolute atomic E-state index is 10.3. The van der Waals surface area contributed by atoms with E-state index in [1.54, 1.807) is 6.08 Å². The Balaban J connectivity index is 0.00000129. The van der Waals surface area contributed by atoms with Gasteiger partial charge in [-0.25, -0.2) is 0 Å². The summed E-state index contributed by atoms with van der Waals surface area (Å²) in [5, 5.41) is 7.42. The summed E-state index contributed by atoms with van der Waals surface area (Å²) in [5.74, 6) is -0.833. The van der Waals surface area contributed by atoms with Gasteiger partial charge in [-0.3, -0.25) is 9.59 Å². The molecule has 3 heteroatoms. The van der Waals surface area contributed by atoms with E-state index in [9.17, 15) is 4.79 Å². The van der Waals surface area contributed by atoms with Gasteiger partial charge < -0.3 is 5.11 Å². The Morgan fingerprint density at radius 2 is 1.64 bits per heavy atom. The molecule has 0 aliphatic heterocycles. The molecule has 0 aromatic rings. The number of hydrogen-bond donors (Lipinski definition) is 1. The predicted octanol–water partition coefficient (Wildman–Crippen LogP) is 5.81. The van der Waals surface area contributed by atoms with Gasteiger partial charge >= 0.3 is 0 Å². The molecule has 1 aliphatic carbocycles. The van der Waals surface area contributed by atoms with Crippen molar-refractivity contribution in [3.8, 4) is 0 Å². The molecule has 0 radical (unpaired) electrons. The molecule has 0 heterocycles. The molecule has 1 rings (SSSR count). The highest BCUT2D eigenvalue weighted by Crippen LogP contribution is 2.40. The molecule has 0 spiro atoms. The second kappa shape index (κ2) is 11.4. The second-order valence-corrected chi connectivity index (χ2v) is 7.10. The number of aliphatic carboxylic acids is 1. The van der Waals surface area contributed by atoms with Gasteiger partial charge in [0.15, 0.2) is 0 Å². The van der Waals surface area contributed by atoms with Crippen LogP contribution >= 0.6 is 0 Å². The van der Waals surface area contributed by atoms with Crippen molar-refractivity contribution in [1.82, 2.24) is 0 Å². The Labute approximate surface area is 152 Å². The molecule has 0 fully saturated rings. The lowest BCUT2D eigenvalue weighted by Gasteiger charge is -2.32. The third-order valence-electron chi connectivity index (χ3n) is 4.10.